The predicted octanol–water partition coefficient (Wildman–Crippen LogP) is 19.8. The molecule has 3 aliphatic heterocycles. The number of hydrogen-bond acceptors (Lipinski definition) is 10. The molecular weight excluding hydrogens is 1440 g/mol. The number of aromatic nitrogens is 6. The second-order valence-corrected chi connectivity index (χ2v) is 29.6. The number of ether oxygens (including phenoxy) is 1. The molecule has 3 aliphatic rings. The zero-order valence-electron chi connectivity index (χ0n) is 65.5. The van der Waals surface area contributed by atoms with Crippen LogP contribution in [0.3, 0.4) is 0 Å². The minimum atomic E-state index is -4.26. The monoisotopic (exact) mass is 1530 g/mol. The number of aliphatic carboxylic acids is 3. The molecule has 3 N–H and O–H groups in total. The maximum atomic E-state index is 12.9. The Morgan fingerprint density at radius 2 is 0.781 bits per heavy atom. The second-order valence-electron chi connectivity index (χ2n) is 29.6. The first-order chi connectivity index (χ1) is 54.9. The van der Waals surface area contributed by atoms with E-state index in [-0.39, 0.29) is 35.8 Å². The number of halogens is 3. The highest BCUT2D eigenvalue weighted by molar-refractivity contribution is 5.87. The Bertz CT molecular complexity index is 5490. The van der Waals surface area contributed by atoms with E-state index in [1.54, 1.807) is 47.2 Å². The van der Waals surface area contributed by atoms with Crippen LogP contribution in [0, 0.1) is 0 Å². The van der Waals surface area contributed by atoms with E-state index in [0.29, 0.717) is 12.6 Å². The molecule has 12 aromatic rings. The molecule has 19 heteroatoms. The Balaban J connectivity index is 0.000000149. The highest BCUT2D eigenvalue weighted by Crippen LogP contribution is 2.47. The van der Waals surface area contributed by atoms with E-state index in [2.05, 4.69) is 180 Å². The van der Waals surface area contributed by atoms with Crippen molar-refractivity contribution in [1.29, 1.82) is 0 Å². The summed E-state index contributed by atoms with van der Waals surface area (Å²) in [5.41, 5.74) is 26.4. The number of anilines is 3. The van der Waals surface area contributed by atoms with Crippen LogP contribution in [0.15, 0.2) is 250 Å². The Morgan fingerprint density at radius 1 is 0.430 bits per heavy atom. The average Bonchev–Trinajstić information content (AvgIpc) is 0.905. The first kappa shape index (κ1) is 79.3. The Kier molecular flexibility index (Phi) is 24.3. The fourth-order valence-corrected chi connectivity index (χ4v) is 16.2. The summed E-state index contributed by atoms with van der Waals surface area (Å²) in [7, 11) is 5.76. The number of aryl methyl sites for hydroxylation is 5. The summed E-state index contributed by atoms with van der Waals surface area (Å²) in [5, 5.41) is 40.0. The maximum absolute atomic E-state index is 12.9. The van der Waals surface area contributed by atoms with E-state index in [0.717, 1.165) is 111 Å². The fraction of sp³-hybridized carbons (Fsp3) is 0.242. The molecule has 16 nitrogen and oxygen atoms in total. The summed E-state index contributed by atoms with van der Waals surface area (Å²) in [4.78, 5) is 40.2. The van der Waals surface area contributed by atoms with Gasteiger partial charge in [-0.1, -0.05) is 166 Å². The van der Waals surface area contributed by atoms with Gasteiger partial charge in [0.15, 0.2) is 0 Å². The zero-order valence-corrected chi connectivity index (χ0v) is 65.5. The number of carbonyl (C=O) groups is 3. The van der Waals surface area contributed by atoms with E-state index in [1.165, 1.54) is 73.5 Å². The van der Waals surface area contributed by atoms with Crippen LogP contribution in [0.4, 0.5) is 30.2 Å². The van der Waals surface area contributed by atoms with Crippen molar-refractivity contribution >= 4 is 53.2 Å². The van der Waals surface area contributed by atoms with Crippen molar-refractivity contribution in [3.63, 3.8) is 0 Å². The fourth-order valence-electron chi connectivity index (χ4n) is 16.2. The van der Waals surface area contributed by atoms with Crippen molar-refractivity contribution in [2.24, 2.45) is 21.1 Å². The molecule has 6 unspecified atom stereocenters. The number of alkyl halides is 3. The molecule has 0 radical (unpaired) electrons. The molecule has 9 aromatic carbocycles. The van der Waals surface area contributed by atoms with Gasteiger partial charge in [0.25, 0.3) is 0 Å². The normalized spacial score (nSPS) is 17.2. The minimum absolute atomic E-state index is 0.0112. The van der Waals surface area contributed by atoms with Gasteiger partial charge in [0, 0.05) is 110 Å². The van der Waals surface area contributed by atoms with Crippen molar-refractivity contribution < 1.29 is 47.6 Å². The third-order valence-corrected chi connectivity index (χ3v) is 21.5. The van der Waals surface area contributed by atoms with Gasteiger partial charge in [-0.05, 0) is 221 Å². The van der Waals surface area contributed by atoms with Gasteiger partial charge >= 0.3 is 24.1 Å². The van der Waals surface area contributed by atoms with Gasteiger partial charge in [0.1, 0.15) is 5.75 Å². The third-order valence-electron chi connectivity index (χ3n) is 21.5. The van der Waals surface area contributed by atoms with Gasteiger partial charge in [0.2, 0.25) is 0 Å². The van der Waals surface area contributed by atoms with Crippen molar-refractivity contribution in [2.75, 3.05) is 21.3 Å². The minimum Gasteiger partial charge on any atom is -0.494 e. The van der Waals surface area contributed by atoms with Crippen LogP contribution in [-0.4, -0.2) is 93.5 Å². The summed E-state index contributed by atoms with van der Waals surface area (Å²) in [6, 6.07) is 66.5. The lowest BCUT2D eigenvalue weighted by molar-refractivity contribution is -0.132. The molecule has 0 saturated heterocycles. The van der Waals surface area contributed by atoms with Gasteiger partial charge in [-0.3, -0.25) is 14.0 Å². The Hall–Kier alpha value is -12.8. The highest BCUT2D eigenvalue weighted by Gasteiger charge is 2.38. The predicted molar refractivity (Wildman–Crippen MR) is 447 cm³/mol. The first-order valence-electron chi connectivity index (χ1n) is 38.6. The van der Waals surface area contributed by atoms with E-state index < -0.39 is 30.5 Å². The van der Waals surface area contributed by atoms with Gasteiger partial charge in [-0.25, -0.2) is 14.4 Å². The van der Waals surface area contributed by atoms with Gasteiger partial charge in [-0.15, -0.1) is 0 Å². The SMILES string of the molecule is CC1Cc2cc(-c3cnn(C)c3)ccc2C(c2ccc(/C=C/C(=O)O)cc2)N1c1ccc(CC(F)(F)F)cc1.CCOc1ccc(N2C(C)Cc3cc(-c4cnn(C)c4)ccc3C2c2ccc(/C=C/C(=O)O)cc2)cc1.CCc1ccc(N2C(C)Cc3cc(-c4cnn(C)c4)ccc3C2c2ccc(/C=C/C(=O)O)cc2)c(CC)c1. The van der Waals surface area contributed by atoms with Crippen LogP contribution in [-0.2, 0) is 74.1 Å². The molecule has 3 aromatic heterocycles. The first-order valence-corrected chi connectivity index (χ1v) is 38.6. The molecule has 6 atom stereocenters. The van der Waals surface area contributed by atoms with Crippen molar-refractivity contribution in [2.45, 2.75) is 122 Å². The molecule has 114 heavy (non-hydrogen) atoms. The standard InChI is InChI=1S/C33H35N3O2.C31H28F3N3O2.C31H31N3O3/c1-5-23-9-15-31(25(6-2)18-23)36-22(3)17-28-19-27(29-20-34-35(4)21-29)13-14-30(28)33(36)26-11-7-24(8-12-26)10-16-32(37)38;1-20-15-25-16-24(26-18-35-36(2)19-26)10-13-28(25)30(23-8-3-21(4-9-23)7-14-29(38)39)37(20)27-11-5-22(6-12-27)17-31(32,33)34;1-4-37-28-13-11-27(12-14-28)34-21(2)17-25-18-24(26-19-32-33(3)20-26)10-15-29(25)31(34)23-8-5-22(6-9-23)7-16-30(35)36/h7-16,18-22,33H,5-6,17H2,1-4H3,(H,37,38);3-14,16,18-20,30H,15,17H2,1-2H3,(H,38,39);5-16,18-21,31H,4,17H2,1-3H3,(H,35,36)/b16-10+;14-7+;16-7+. The molecular formula is C95H94F3N9O7. The summed E-state index contributed by atoms with van der Waals surface area (Å²) in [6.45, 7) is 13.8. The van der Waals surface area contributed by atoms with Crippen molar-refractivity contribution in [3.05, 3.63) is 333 Å². The van der Waals surface area contributed by atoms with Crippen LogP contribution in [0.2, 0.25) is 0 Å². The molecule has 0 bridgehead atoms. The van der Waals surface area contributed by atoms with Crippen molar-refractivity contribution in [3.8, 4) is 39.1 Å². The summed E-state index contributed by atoms with van der Waals surface area (Å²) < 4.78 is 49.9. The van der Waals surface area contributed by atoms with Gasteiger partial charge in [0.05, 0.1) is 49.7 Å². The summed E-state index contributed by atoms with van der Waals surface area (Å²) in [5.74, 6) is -2.05. The Labute approximate surface area is 663 Å². The molecule has 582 valence electrons. The number of rotatable bonds is 20. The zero-order chi connectivity index (χ0) is 80.5. The van der Waals surface area contributed by atoms with Crippen LogP contribution in [0.5, 0.6) is 5.75 Å². The number of carboxylic acids is 3. The summed E-state index contributed by atoms with van der Waals surface area (Å²) in [6.07, 6.45) is 19.4. The number of fused-ring (bicyclic) bond motifs is 3. The van der Waals surface area contributed by atoms with Crippen molar-refractivity contribution in [1.82, 2.24) is 29.3 Å². The highest BCUT2D eigenvalue weighted by atomic mass is 19.4. The molecule has 6 heterocycles. The molecule has 0 aliphatic carbocycles. The van der Waals surface area contributed by atoms with E-state index >= 15 is 0 Å². The van der Waals surface area contributed by atoms with Crippen LogP contribution in [0.1, 0.15) is 143 Å². The number of carboxylic acid groups (broad SMARTS) is 3. The lowest BCUT2D eigenvalue weighted by atomic mass is 9.82. The molecule has 0 saturated carbocycles. The lowest BCUT2D eigenvalue weighted by Gasteiger charge is -2.45. The smallest absolute Gasteiger partial charge is 0.393 e. The second kappa shape index (κ2) is 34.9. The van der Waals surface area contributed by atoms with Crippen LogP contribution in [0.25, 0.3) is 51.6 Å². The number of nitrogens with zero attached hydrogens (tertiary/aromatic N) is 9. The average molecular weight is 1530 g/mol. The van der Waals surface area contributed by atoms with Crippen LogP contribution >= 0.6 is 0 Å². The molecule has 0 amide bonds. The van der Waals surface area contributed by atoms with Gasteiger partial charge in [-0.2, -0.15) is 28.5 Å². The van der Waals surface area contributed by atoms with E-state index in [9.17, 15) is 27.6 Å². The van der Waals surface area contributed by atoms with E-state index in [4.69, 9.17) is 20.1 Å². The Morgan fingerprint density at radius 3 is 1.11 bits per heavy atom. The summed E-state index contributed by atoms with van der Waals surface area (Å²) >= 11 is 0. The van der Waals surface area contributed by atoms with Gasteiger partial charge < -0.3 is 34.8 Å². The molecule has 0 spiro atoms. The third kappa shape index (κ3) is 18.5. The number of hydrogen-bond donors (Lipinski definition) is 3. The largest absolute Gasteiger partial charge is 0.494 e. The van der Waals surface area contributed by atoms with Crippen LogP contribution < -0.4 is 19.4 Å². The van der Waals surface area contributed by atoms with E-state index in [1.807, 2.05) is 129 Å². The molecule has 15 rings (SSSR count). The lowest BCUT2D eigenvalue weighted by Crippen LogP contribution is -2.43. The molecule has 0 fully saturated rings. The topological polar surface area (TPSA) is 184 Å². The number of benzene rings is 9. The maximum Gasteiger partial charge on any atom is 0.393 e. The quantitative estimate of drug-likeness (QED) is 0.0613.